The van der Waals surface area contributed by atoms with E-state index in [9.17, 15) is 13.2 Å². The highest BCUT2D eigenvalue weighted by molar-refractivity contribution is 7.89. The maximum Gasteiger partial charge on any atom is 0.255 e. The smallest absolute Gasteiger partial charge is 0.255 e. The van der Waals surface area contributed by atoms with E-state index < -0.39 is 10.0 Å². The van der Waals surface area contributed by atoms with E-state index in [4.69, 9.17) is 0 Å². The number of sulfonamides is 1. The van der Waals surface area contributed by atoms with E-state index in [0.717, 1.165) is 11.3 Å². The van der Waals surface area contributed by atoms with Crippen LogP contribution in [0.25, 0.3) is 0 Å². The van der Waals surface area contributed by atoms with Crippen molar-refractivity contribution < 1.29 is 13.2 Å². The Bertz CT molecular complexity index is 937. The van der Waals surface area contributed by atoms with Gasteiger partial charge in [-0.05, 0) is 62.7 Å². The fraction of sp³-hybridized carbons (Fsp3) is 0.350. The zero-order chi connectivity index (χ0) is 20.4. The number of hydrogen-bond acceptors (Lipinski definition) is 4. The largest absolute Gasteiger partial charge is 0.378 e. The van der Waals surface area contributed by atoms with E-state index in [1.165, 1.54) is 23.5 Å². The SMILES string of the molecule is Cc1cc(N(C)C)ccc1NC(=O)c1cccc(S(=O)(=O)N(C)C(C)C)c1. The van der Waals surface area contributed by atoms with E-state index in [-0.39, 0.29) is 16.8 Å². The number of rotatable bonds is 6. The number of carbonyl (C=O) groups is 1. The van der Waals surface area contributed by atoms with Crippen LogP contribution in [0.2, 0.25) is 0 Å². The van der Waals surface area contributed by atoms with Crippen molar-refractivity contribution in [1.29, 1.82) is 0 Å². The molecule has 0 saturated heterocycles. The molecular weight excluding hydrogens is 362 g/mol. The number of nitrogens with one attached hydrogen (secondary N) is 1. The van der Waals surface area contributed by atoms with Gasteiger partial charge >= 0.3 is 0 Å². The highest BCUT2D eigenvalue weighted by Crippen LogP contribution is 2.23. The number of amides is 1. The average Bonchev–Trinajstić information content (AvgIpc) is 2.62. The van der Waals surface area contributed by atoms with Crippen LogP contribution in [0.3, 0.4) is 0 Å². The molecule has 6 nitrogen and oxygen atoms in total. The minimum Gasteiger partial charge on any atom is -0.378 e. The van der Waals surface area contributed by atoms with Crippen LogP contribution in [0.5, 0.6) is 0 Å². The topological polar surface area (TPSA) is 69.7 Å². The molecule has 0 atom stereocenters. The van der Waals surface area contributed by atoms with Crippen molar-refractivity contribution in [2.24, 2.45) is 0 Å². The van der Waals surface area contributed by atoms with Gasteiger partial charge < -0.3 is 10.2 Å². The van der Waals surface area contributed by atoms with E-state index in [1.54, 1.807) is 26.0 Å². The van der Waals surface area contributed by atoms with Gasteiger partial charge in [-0.1, -0.05) is 6.07 Å². The lowest BCUT2D eigenvalue weighted by Gasteiger charge is -2.21. The highest BCUT2D eigenvalue weighted by atomic mass is 32.2. The molecule has 0 radical (unpaired) electrons. The Kier molecular flexibility index (Phi) is 6.28. The van der Waals surface area contributed by atoms with Crippen LogP contribution in [0, 0.1) is 6.92 Å². The maximum absolute atomic E-state index is 12.7. The molecule has 0 saturated carbocycles. The van der Waals surface area contributed by atoms with Gasteiger partial charge in [-0.15, -0.1) is 0 Å². The number of hydrogen-bond donors (Lipinski definition) is 1. The molecule has 2 aromatic carbocycles. The molecule has 1 N–H and O–H groups in total. The van der Waals surface area contributed by atoms with Crippen LogP contribution in [-0.2, 0) is 10.0 Å². The summed E-state index contributed by atoms with van der Waals surface area (Å²) in [5.74, 6) is -0.347. The molecule has 2 rings (SSSR count). The summed E-state index contributed by atoms with van der Waals surface area (Å²) in [5, 5.41) is 2.86. The molecule has 0 unspecified atom stereocenters. The van der Waals surface area contributed by atoms with Crippen LogP contribution in [-0.4, -0.2) is 45.8 Å². The van der Waals surface area contributed by atoms with Crippen LogP contribution in [0.15, 0.2) is 47.4 Å². The lowest BCUT2D eigenvalue weighted by atomic mass is 10.1. The molecule has 0 fully saturated rings. The summed E-state index contributed by atoms with van der Waals surface area (Å²) in [7, 11) is 1.79. The molecule has 27 heavy (non-hydrogen) atoms. The summed E-state index contributed by atoms with van der Waals surface area (Å²) >= 11 is 0. The number of anilines is 2. The zero-order valence-corrected chi connectivity index (χ0v) is 17.5. The van der Waals surface area contributed by atoms with Gasteiger partial charge in [-0.2, -0.15) is 4.31 Å². The van der Waals surface area contributed by atoms with Crippen molar-refractivity contribution in [3.8, 4) is 0 Å². The first-order valence-corrected chi connectivity index (χ1v) is 10.2. The molecule has 0 aliphatic rings. The minimum atomic E-state index is -3.64. The molecule has 0 aliphatic heterocycles. The zero-order valence-electron chi connectivity index (χ0n) is 16.6. The van der Waals surface area contributed by atoms with Gasteiger partial charge in [0.15, 0.2) is 0 Å². The Hall–Kier alpha value is -2.38. The number of aryl methyl sites for hydroxylation is 1. The minimum absolute atomic E-state index is 0.103. The van der Waals surface area contributed by atoms with E-state index in [1.807, 2.05) is 44.1 Å². The van der Waals surface area contributed by atoms with Crippen LogP contribution < -0.4 is 10.2 Å². The molecular formula is C20H27N3O3S. The molecule has 2 aromatic rings. The van der Waals surface area contributed by atoms with Crippen molar-refractivity contribution in [2.45, 2.75) is 31.7 Å². The number of carbonyl (C=O) groups excluding carboxylic acids is 1. The van der Waals surface area contributed by atoms with Crippen LogP contribution in [0.4, 0.5) is 11.4 Å². The quantitative estimate of drug-likeness (QED) is 0.823. The first-order valence-electron chi connectivity index (χ1n) is 8.71. The molecule has 0 aliphatic carbocycles. The van der Waals surface area contributed by atoms with Crippen molar-refractivity contribution in [3.63, 3.8) is 0 Å². The normalized spacial score (nSPS) is 11.7. The average molecular weight is 390 g/mol. The van der Waals surface area contributed by atoms with Crippen molar-refractivity contribution in [1.82, 2.24) is 4.31 Å². The van der Waals surface area contributed by atoms with E-state index in [0.29, 0.717) is 11.3 Å². The third-order valence-electron chi connectivity index (χ3n) is 4.48. The lowest BCUT2D eigenvalue weighted by Crippen LogP contribution is -2.33. The van der Waals surface area contributed by atoms with E-state index in [2.05, 4.69) is 5.32 Å². The Morgan fingerprint density at radius 1 is 1.04 bits per heavy atom. The standard InChI is InChI=1S/C20H27N3O3S/c1-14(2)23(6)27(25,26)18-9-7-8-16(13-18)20(24)21-19-11-10-17(22(4)5)12-15(19)3/h7-14H,1-6H3,(H,21,24). The van der Waals surface area contributed by atoms with Gasteiger partial charge in [-0.25, -0.2) is 8.42 Å². The summed E-state index contributed by atoms with van der Waals surface area (Å²) in [4.78, 5) is 14.7. The Labute approximate surface area is 161 Å². The predicted octanol–water partition coefficient (Wildman–Crippen LogP) is 3.34. The Balaban J connectivity index is 2.28. The van der Waals surface area contributed by atoms with Gasteiger partial charge in [0.2, 0.25) is 10.0 Å². The lowest BCUT2D eigenvalue weighted by molar-refractivity contribution is 0.102. The first kappa shape index (κ1) is 20.9. The van der Waals surface area contributed by atoms with E-state index >= 15 is 0 Å². The summed E-state index contributed by atoms with van der Waals surface area (Å²) in [6.45, 7) is 5.52. The van der Waals surface area contributed by atoms with Crippen molar-refractivity contribution in [2.75, 3.05) is 31.4 Å². The summed E-state index contributed by atoms with van der Waals surface area (Å²) in [6.07, 6.45) is 0. The van der Waals surface area contributed by atoms with Crippen molar-refractivity contribution in [3.05, 3.63) is 53.6 Å². The first-order chi connectivity index (χ1) is 12.5. The van der Waals surface area contributed by atoms with Crippen LogP contribution >= 0.6 is 0 Å². The molecule has 7 heteroatoms. The highest BCUT2D eigenvalue weighted by Gasteiger charge is 2.24. The second kappa shape index (κ2) is 8.10. The third-order valence-corrected chi connectivity index (χ3v) is 6.50. The number of nitrogens with zero attached hydrogens (tertiary/aromatic N) is 2. The molecule has 0 heterocycles. The monoisotopic (exact) mass is 389 g/mol. The molecule has 0 bridgehead atoms. The van der Waals surface area contributed by atoms with Gasteiger partial charge in [-0.3, -0.25) is 4.79 Å². The second-order valence-electron chi connectivity index (χ2n) is 6.99. The fourth-order valence-electron chi connectivity index (χ4n) is 2.50. The summed E-state index contributed by atoms with van der Waals surface area (Å²) in [5.41, 5.74) is 2.95. The van der Waals surface area contributed by atoms with Gasteiger partial charge in [0.25, 0.3) is 5.91 Å². The molecule has 0 aromatic heterocycles. The summed E-state index contributed by atoms with van der Waals surface area (Å²) in [6, 6.07) is 11.7. The van der Waals surface area contributed by atoms with Gasteiger partial charge in [0, 0.05) is 44.1 Å². The van der Waals surface area contributed by atoms with Gasteiger partial charge in [0.05, 0.1) is 4.90 Å². The Morgan fingerprint density at radius 3 is 2.26 bits per heavy atom. The third kappa shape index (κ3) is 4.67. The maximum atomic E-state index is 12.7. The summed E-state index contributed by atoms with van der Waals surface area (Å²) < 4.78 is 26.6. The van der Waals surface area contributed by atoms with Crippen LogP contribution in [0.1, 0.15) is 29.8 Å². The second-order valence-corrected chi connectivity index (χ2v) is 8.99. The molecule has 146 valence electrons. The van der Waals surface area contributed by atoms with Crippen molar-refractivity contribution >= 4 is 27.3 Å². The molecule has 1 amide bonds. The predicted molar refractivity (Wildman–Crippen MR) is 110 cm³/mol. The Morgan fingerprint density at radius 2 is 1.70 bits per heavy atom. The van der Waals surface area contributed by atoms with Gasteiger partial charge in [0.1, 0.15) is 0 Å². The molecule has 0 spiro atoms. The fourth-order valence-corrected chi connectivity index (χ4v) is 3.92. The number of benzene rings is 2.